The number of methoxy groups -OCH3 is 1. The highest BCUT2D eigenvalue weighted by molar-refractivity contribution is 5.77. The maximum atomic E-state index is 11.8. The molecule has 0 radical (unpaired) electrons. The first-order chi connectivity index (χ1) is 9.35. The van der Waals surface area contributed by atoms with Crippen molar-refractivity contribution < 1.29 is 19.4 Å². The number of aliphatic carboxylic acids is 1. The Morgan fingerprint density at radius 1 is 1.20 bits per heavy atom. The van der Waals surface area contributed by atoms with Crippen molar-refractivity contribution in [3.8, 4) is 5.75 Å². The van der Waals surface area contributed by atoms with Crippen LogP contribution in [0.3, 0.4) is 0 Å². The third kappa shape index (κ3) is 4.91. The molecule has 1 aromatic rings. The maximum Gasteiger partial charge on any atom is 0.303 e. The van der Waals surface area contributed by atoms with Gasteiger partial charge in [-0.05, 0) is 38.0 Å². The number of ether oxygens (including phenoxy) is 1. The van der Waals surface area contributed by atoms with Crippen LogP contribution in [-0.4, -0.2) is 24.1 Å². The van der Waals surface area contributed by atoms with Crippen molar-refractivity contribution in [2.75, 3.05) is 7.11 Å². The highest BCUT2D eigenvalue weighted by Gasteiger charge is 2.22. The van der Waals surface area contributed by atoms with E-state index in [1.54, 1.807) is 7.11 Å². The summed E-state index contributed by atoms with van der Waals surface area (Å²) in [6.45, 7) is 3.81. The van der Waals surface area contributed by atoms with Crippen molar-refractivity contribution in [3.05, 3.63) is 29.8 Å². The van der Waals surface area contributed by atoms with E-state index < -0.39 is 11.5 Å². The van der Waals surface area contributed by atoms with Crippen LogP contribution in [-0.2, 0) is 15.1 Å². The first kappa shape index (κ1) is 16.0. The van der Waals surface area contributed by atoms with E-state index in [4.69, 9.17) is 9.84 Å². The van der Waals surface area contributed by atoms with Crippen LogP contribution in [0.25, 0.3) is 0 Å². The van der Waals surface area contributed by atoms with Gasteiger partial charge in [-0.1, -0.05) is 12.1 Å². The lowest BCUT2D eigenvalue weighted by Gasteiger charge is -2.27. The van der Waals surface area contributed by atoms with Gasteiger partial charge in [0.05, 0.1) is 12.6 Å². The molecule has 110 valence electrons. The monoisotopic (exact) mass is 279 g/mol. The van der Waals surface area contributed by atoms with Gasteiger partial charge in [0.2, 0.25) is 5.91 Å². The second-order valence-corrected chi connectivity index (χ2v) is 5.15. The number of rotatable bonds is 7. The van der Waals surface area contributed by atoms with E-state index in [2.05, 4.69) is 5.32 Å². The van der Waals surface area contributed by atoms with Crippen molar-refractivity contribution >= 4 is 11.9 Å². The second kappa shape index (κ2) is 6.93. The minimum absolute atomic E-state index is 0.0103. The SMILES string of the molecule is COc1ccc(C(C)(C)NC(=O)CCCC(=O)O)cc1. The maximum absolute atomic E-state index is 11.8. The summed E-state index contributed by atoms with van der Waals surface area (Å²) in [4.78, 5) is 22.2. The molecule has 0 fully saturated rings. The molecule has 0 heterocycles. The summed E-state index contributed by atoms with van der Waals surface area (Å²) < 4.78 is 5.10. The number of benzene rings is 1. The molecule has 1 rings (SSSR count). The minimum Gasteiger partial charge on any atom is -0.497 e. The van der Waals surface area contributed by atoms with Gasteiger partial charge in [-0.2, -0.15) is 0 Å². The largest absolute Gasteiger partial charge is 0.497 e. The molecule has 0 aliphatic carbocycles. The summed E-state index contributed by atoms with van der Waals surface area (Å²) in [5.41, 5.74) is 0.455. The first-order valence-corrected chi connectivity index (χ1v) is 6.52. The Kier molecular flexibility index (Phi) is 5.55. The van der Waals surface area contributed by atoms with Crippen LogP contribution in [0.4, 0.5) is 0 Å². The standard InChI is InChI=1S/C15H21NO4/c1-15(2,11-7-9-12(20-3)10-8-11)16-13(17)5-4-6-14(18)19/h7-10H,4-6H2,1-3H3,(H,16,17)(H,18,19). The fourth-order valence-electron chi connectivity index (χ4n) is 1.89. The van der Waals surface area contributed by atoms with Gasteiger partial charge in [-0.15, -0.1) is 0 Å². The molecular formula is C15H21NO4. The van der Waals surface area contributed by atoms with E-state index in [0.29, 0.717) is 6.42 Å². The van der Waals surface area contributed by atoms with E-state index in [1.807, 2.05) is 38.1 Å². The molecular weight excluding hydrogens is 258 g/mol. The summed E-state index contributed by atoms with van der Waals surface area (Å²) >= 11 is 0. The molecule has 0 aliphatic rings. The van der Waals surface area contributed by atoms with Crippen LogP contribution in [0.1, 0.15) is 38.7 Å². The van der Waals surface area contributed by atoms with Crippen LogP contribution in [0.15, 0.2) is 24.3 Å². The van der Waals surface area contributed by atoms with E-state index >= 15 is 0 Å². The van der Waals surface area contributed by atoms with Crippen LogP contribution in [0, 0.1) is 0 Å². The summed E-state index contributed by atoms with van der Waals surface area (Å²) in [6, 6.07) is 7.48. The van der Waals surface area contributed by atoms with Gasteiger partial charge in [0, 0.05) is 12.8 Å². The highest BCUT2D eigenvalue weighted by Crippen LogP contribution is 2.22. The molecule has 0 aliphatic heterocycles. The zero-order chi connectivity index (χ0) is 15.2. The van der Waals surface area contributed by atoms with Crippen LogP contribution in [0.2, 0.25) is 0 Å². The molecule has 20 heavy (non-hydrogen) atoms. The normalized spacial score (nSPS) is 10.9. The predicted octanol–water partition coefficient (Wildman–Crippen LogP) is 2.30. The lowest BCUT2D eigenvalue weighted by atomic mass is 9.94. The summed E-state index contributed by atoms with van der Waals surface area (Å²) in [7, 11) is 1.60. The number of amides is 1. The zero-order valence-electron chi connectivity index (χ0n) is 12.1. The Bertz CT molecular complexity index is 465. The number of nitrogens with one attached hydrogen (secondary N) is 1. The van der Waals surface area contributed by atoms with Gasteiger partial charge in [-0.3, -0.25) is 9.59 Å². The summed E-state index contributed by atoms with van der Waals surface area (Å²) in [5.74, 6) is -0.267. The molecule has 0 aromatic heterocycles. The van der Waals surface area contributed by atoms with E-state index in [-0.39, 0.29) is 18.7 Å². The lowest BCUT2D eigenvalue weighted by molar-refractivity contribution is -0.137. The molecule has 1 amide bonds. The van der Waals surface area contributed by atoms with Crippen LogP contribution < -0.4 is 10.1 Å². The molecule has 0 saturated heterocycles. The molecule has 5 nitrogen and oxygen atoms in total. The molecule has 0 atom stereocenters. The van der Waals surface area contributed by atoms with Crippen molar-refractivity contribution in [1.29, 1.82) is 0 Å². The van der Waals surface area contributed by atoms with E-state index in [9.17, 15) is 9.59 Å². The van der Waals surface area contributed by atoms with Crippen LogP contribution in [0.5, 0.6) is 5.75 Å². The summed E-state index contributed by atoms with van der Waals surface area (Å²) in [5, 5.41) is 11.5. The Morgan fingerprint density at radius 3 is 2.30 bits per heavy atom. The molecule has 0 bridgehead atoms. The predicted molar refractivity (Wildman–Crippen MR) is 75.6 cm³/mol. The van der Waals surface area contributed by atoms with Crippen molar-refractivity contribution in [2.45, 2.75) is 38.6 Å². The number of carbonyl (C=O) groups excluding carboxylic acids is 1. The number of carboxylic acids is 1. The molecule has 5 heteroatoms. The Balaban J connectivity index is 2.58. The lowest BCUT2D eigenvalue weighted by Crippen LogP contribution is -2.40. The third-order valence-corrected chi connectivity index (χ3v) is 3.06. The van der Waals surface area contributed by atoms with Crippen LogP contribution >= 0.6 is 0 Å². The van der Waals surface area contributed by atoms with Gasteiger partial charge in [0.25, 0.3) is 0 Å². The quantitative estimate of drug-likeness (QED) is 0.803. The average Bonchev–Trinajstić information content (AvgIpc) is 2.37. The van der Waals surface area contributed by atoms with Gasteiger partial charge >= 0.3 is 5.97 Å². The van der Waals surface area contributed by atoms with Gasteiger partial charge in [-0.25, -0.2) is 0 Å². The van der Waals surface area contributed by atoms with Crippen molar-refractivity contribution in [2.24, 2.45) is 0 Å². The zero-order valence-corrected chi connectivity index (χ0v) is 12.1. The van der Waals surface area contributed by atoms with Gasteiger partial charge < -0.3 is 15.2 Å². The van der Waals surface area contributed by atoms with Crippen molar-refractivity contribution in [3.63, 3.8) is 0 Å². The van der Waals surface area contributed by atoms with E-state index in [1.165, 1.54) is 0 Å². The molecule has 1 aromatic carbocycles. The highest BCUT2D eigenvalue weighted by atomic mass is 16.5. The molecule has 0 unspecified atom stereocenters. The summed E-state index contributed by atoms with van der Waals surface area (Å²) in [6.07, 6.45) is 0.572. The van der Waals surface area contributed by atoms with Gasteiger partial charge in [0.1, 0.15) is 5.75 Å². The van der Waals surface area contributed by atoms with E-state index in [0.717, 1.165) is 11.3 Å². The fraction of sp³-hybridized carbons (Fsp3) is 0.467. The molecule has 0 spiro atoms. The number of carboxylic acid groups (broad SMARTS) is 1. The molecule has 2 N–H and O–H groups in total. The Labute approximate surface area is 118 Å². The third-order valence-electron chi connectivity index (χ3n) is 3.06. The topological polar surface area (TPSA) is 75.6 Å². The average molecular weight is 279 g/mol. The second-order valence-electron chi connectivity index (χ2n) is 5.15. The Morgan fingerprint density at radius 2 is 1.80 bits per heavy atom. The first-order valence-electron chi connectivity index (χ1n) is 6.52. The minimum atomic E-state index is -0.882. The van der Waals surface area contributed by atoms with Gasteiger partial charge in [0.15, 0.2) is 0 Å². The number of hydrogen-bond donors (Lipinski definition) is 2. The smallest absolute Gasteiger partial charge is 0.303 e. The Hall–Kier alpha value is -2.04. The van der Waals surface area contributed by atoms with Crippen molar-refractivity contribution in [1.82, 2.24) is 5.32 Å². The number of hydrogen-bond acceptors (Lipinski definition) is 3. The fourth-order valence-corrected chi connectivity index (χ4v) is 1.89. The number of carbonyl (C=O) groups is 2. The molecule has 0 saturated carbocycles.